The van der Waals surface area contributed by atoms with Crippen molar-refractivity contribution in [1.29, 1.82) is 0 Å². The second-order valence-electron chi connectivity index (χ2n) is 2.57. The van der Waals surface area contributed by atoms with Crippen LogP contribution in [0.3, 0.4) is 0 Å². The van der Waals surface area contributed by atoms with E-state index in [0.717, 1.165) is 22.9 Å². The molecule has 0 aromatic carbocycles. The average Bonchev–Trinajstić information content (AvgIpc) is 2.13. The molecule has 1 unspecified atom stereocenters. The van der Waals surface area contributed by atoms with Crippen molar-refractivity contribution in [2.45, 2.75) is 13.5 Å². The quantitative estimate of drug-likeness (QED) is 0.576. The maximum absolute atomic E-state index is 4.96. The van der Waals surface area contributed by atoms with E-state index in [0.29, 0.717) is 0 Å². The van der Waals surface area contributed by atoms with Crippen LogP contribution in [0.4, 0.5) is 0 Å². The molecular formula is C7H12N2O. The zero-order valence-corrected chi connectivity index (χ0v) is 6.35. The van der Waals surface area contributed by atoms with E-state index < -0.39 is 0 Å². The molecule has 0 saturated carbocycles. The summed E-state index contributed by atoms with van der Waals surface area (Å²) in [4.78, 5) is 1.09. The summed E-state index contributed by atoms with van der Waals surface area (Å²) >= 11 is 0. The highest BCUT2D eigenvalue weighted by Gasteiger charge is 2.00. The minimum atomic E-state index is 0.792. The fourth-order valence-electron chi connectivity index (χ4n) is 0.797. The molecule has 3 heteroatoms. The number of hydrogen-bond acceptors (Lipinski definition) is 2. The topological polar surface area (TPSA) is 30.5 Å². The lowest BCUT2D eigenvalue weighted by Crippen LogP contribution is -3.01. The second-order valence-corrected chi connectivity index (χ2v) is 2.57. The van der Waals surface area contributed by atoms with Gasteiger partial charge in [0.2, 0.25) is 0 Å². The third-order valence-corrected chi connectivity index (χ3v) is 1.15. The van der Waals surface area contributed by atoms with E-state index in [1.54, 1.807) is 0 Å². The van der Waals surface area contributed by atoms with Crippen LogP contribution >= 0.6 is 0 Å². The van der Waals surface area contributed by atoms with E-state index in [-0.39, 0.29) is 0 Å². The van der Waals surface area contributed by atoms with Crippen LogP contribution in [0, 0.1) is 14.0 Å². The Hall–Kier alpha value is -0.830. The number of rotatable bonds is 2. The molecule has 0 saturated heterocycles. The van der Waals surface area contributed by atoms with Crippen LogP contribution in [0.2, 0.25) is 0 Å². The first kappa shape index (κ1) is 7.28. The molecule has 0 spiro atoms. The van der Waals surface area contributed by atoms with Gasteiger partial charge in [-0.2, -0.15) is 7.05 Å². The number of aryl methyl sites for hydroxylation is 1. The molecule has 1 heterocycles. The Morgan fingerprint density at radius 1 is 1.80 bits per heavy atom. The molecule has 0 aliphatic carbocycles. The summed E-state index contributed by atoms with van der Waals surface area (Å²) in [6.45, 7) is 2.70. The molecule has 0 amide bonds. The van der Waals surface area contributed by atoms with E-state index in [1.807, 2.05) is 20.0 Å². The molecule has 0 radical (unpaired) electrons. The van der Waals surface area contributed by atoms with Crippen LogP contribution < -0.4 is 4.90 Å². The normalized spacial score (nSPS) is 13.5. The van der Waals surface area contributed by atoms with E-state index >= 15 is 0 Å². The Morgan fingerprint density at radius 2 is 2.50 bits per heavy atom. The zero-order chi connectivity index (χ0) is 7.56. The summed E-state index contributed by atoms with van der Waals surface area (Å²) in [7, 11) is 5.74. The highest BCUT2D eigenvalue weighted by atomic mass is 16.5. The lowest BCUT2D eigenvalue weighted by Gasteiger charge is -2.10. The van der Waals surface area contributed by atoms with Crippen LogP contribution in [0.1, 0.15) is 11.5 Å². The highest BCUT2D eigenvalue weighted by molar-refractivity contribution is 5.01. The van der Waals surface area contributed by atoms with Crippen molar-refractivity contribution in [3.8, 4) is 0 Å². The van der Waals surface area contributed by atoms with E-state index in [1.165, 1.54) is 0 Å². The van der Waals surface area contributed by atoms with Crippen LogP contribution in [0.15, 0.2) is 10.6 Å². The van der Waals surface area contributed by atoms with Crippen molar-refractivity contribution >= 4 is 0 Å². The van der Waals surface area contributed by atoms with Crippen LogP contribution in [0.25, 0.3) is 0 Å². The van der Waals surface area contributed by atoms with Gasteiger partial charge in [0.05, 0.1) is 5.69 Å². The first-order valence-electron chi connectivity index (χ1n) is 3.25. The number of quaternary nitrogens is 1. The molecule has 56 valence electrons. The van der Waals surface area contributed by atoms with E-state index in [2.05, 4.69) is 12.2 Å². The van der Waals surface area contributed by atoms with Crippen molar-refractivity contribution in [3.05, 3.63) is 24.6 Å². The van der Waals surface area contributed by atoms with Crippen molar-refractivity contribution in [1.82, 2.24) is 5.16 Å². The van der Waals surface area contributed by atoms with E-state index in [9.17, 15) is 0 Å². The standard InChI is InChI=1S/C7H12N2O/c1-6-4-7(10-8-6)5-9(2)3/h4,9H,2,5H2,1,3H3. The number of hydrogen-bond donors (Lipinski definition) is 1. The van der Waals surface area contributed by atoms with Gasteiger partial charge in [-0.25, -0.2) is 0 Å². The molecule has 1 N–H and O–H groups in total. The van der Waals surface area contributed by atoms with Gasteiger partial charge in [-0.15, -0.1) is 0 Å². The molecule has 0 bridgehead atoms. The third-order valence-electron chi connectivity index (χ3n) is 1.15. The fraction of sp³-hybridized carbons (Fsp3) is 0.429. The summed E-state index contributed by atoms with van der Waals surface area (Å²) < 4.78 is 4.96. The number of nitrogens with one attached hydrogen (secondary N) is 1. The van der Waals surface area contributed by atoms with Crippen molar-refractivity contribution < 1.29 is 9.42 Å². The molecule has 1 rings (SSSR count). The number of aromatic nitrogens is 1. The molecule has 1 aromatic rings. The maximum Gasteiger partial charge on any atom is 0.188 e. The summed E-state index contributed by atoms with van der Waals surface area (Å²) in [5.41, 5.74) is 0.927. The summed E-state index contributed by atoms with van der Waals surface area (Å²) in [6.07, 6.45) is 0. The van der Waals surface area contributed by atoms with Gasteiger partial charge in [0, 0.05) is 13.1 Å². The monoisotopic (exact) mass is 140 g/mol. The minimum Gasteiger partial charge on any atom is -0.464 e. The lowest BCUT2D eigenvalue weighted by molar-refractivity contribution is -0.847. The first-order chi connectivity index (χ1) is 4.68. The number of nitrogens with zero attached hydrogens (tertiary/aromatic N) is 1. The molecule has 0 aliphatic heterocycles. The summed E-state index contributed by atoms with van der Waals surface area (Å²) in [6, 6.07) is 1.93. The third kappa shape index (κ3) is 1.84. The Morgan fingerprint density at radius 3 is 2.90 bits per heavy atom. The Kier molecular flexibility index (Phi) is 2.06. The predicted molar refractivity (Wildman–Crippen MR) is 37.2 cm³/mol. The SMILES string of the molecule is [CH2-][NH+](C)Cc1cc(C)no1. The van der Waals surface area contributed by atoms with Crippen molar-refractivity contribution in [3.63, 3.8) is 0 Å². The van der Waals surface area contributed by atoms with Gasteiger partial charge in [0.25, 0.3) is 0 Å². The van der Waals surface area contributed by atoms with Crippen LogP contribution in [-0.4, -0.2) is 12.2 Å². The van der Waals surface area contributed by atoms with Gasteiger partial charge in [0.15, 0.2) is 5.76 Å². The van der Waals surface area contributed by atoms with Gasteiger partial charge in [-0.05, 0) is 6.92 Å². The molecule has 10 heavy (non-hydrogen) atoms. The molecule has 1 aromatic heterocycles. The Labute approximate surface area is 60.6 Å². The van der Waals surface area contributed by atoms with Crippen molar-refractivity contribution in [2.24, 2.45) is 0 Å². The van der Waals surface area contributed by atoms with Gasteiger partial charge in [-0.3, -0.25) is 0 Å². The average molecular weight is 140 g/mol. The maximum atomic E-state index is 4.96. The smallest absolute Gasteiger partial charge is 0.188 e. The highest BCUT2D eigenvalue weighted by Crippen LogP contribution is 1.98. The second kappa shape index (κ2) is 2.84. The first-order valence-corrected chi connectivity index (χ1v) is 3.25. The van der Waals surface area contributed by atoms with Gasteiger partial charge in [-0.1, -0.05) is 5.16 Å². The Bertz CT molecular complexity index is 205. The van der Waals surface area contributed by atoms with Crippen LogP contribution in [-0.2, 0) is 6.54 Å². The van der Waals surface area contributed by atoms with Crippen LogP contribution in [0.5, 0.6) is 0 Å². The van der Waals surface area contributed by atoms with E-state index in [4.69, 9.17) is 4.52 Å². The molecule has 3 nitrogen and oxygen atoms in total. The summed E-state index contributed by atoms with van der Waals surface area (Å²) in [5, 5.41) is 3.75. The predicted octanol–water partition coefficient (Wildman–Crippen LogP) is -0.211. The molecule has 0 fully saturated rings. The zero-order valence-electron chi connectivity index (χ0n) is 6.35. The Balaban J connectivity index is 2.58. The molecular weight excluding hydrogens is 128 g/mol. The lowest BCUT2D eigenvalue weighted by atomic mass is 10.4. The van der Waals surface area contributed by atoms with Crippen molar-refractivity contribution in [2.75, 3.05) is 7.05 Å². The van der Waals surface area contributed by atoms with Gasteiger partial charge < -0.3 is 9.42 Å². The minimum absolute atomic E-state index is 0.792. The van der Waals surface area contributed by atoms with Gasteiger partial charge in [0.1, 0.15) is 6.54 Å². The summed E-state index contributed by atoms with van der Waals surface area (Å²) in [5.74, 6) is 0.894. The molecule has 1 atom stereocenters. The molecule has 0 aliphatic rings. The van der Waals surface area contributed by atoms with Gasteiger partial charge >= 0.3 is 0 Å². The largest absolute Gasteiger partial charge is 0.464 e. The fourth-order valence-corrected chi connectivity index (χ4v) is 0.797.